The molecule has 7 heteroatoms. The molecule has 0 aliphatic carbocycles. The van der Waals surface area contributed by atoms with Crippen molar-refractivity contribution in [3.05, 3.63) is 11.3 Å². The van der Waals surface area contributed by atoms with Crippen LogP contribution in [0.5, 0.6) is 0 Å². The van der Waals surface area contributed by atoms with E-state index in [1.807, 2.05) is 11.8 Å². The molecule has 0 aromatic carbocycles. The summed E-state index contributed by atoms with van der Waals surface area (Å²) in [5.41, 5.74) is 7.77. The Labute approximate surface area is 124 Å². The molecule has 7 nitrogen and oxygen atoms in total. The highest BCUT2D eigenvalue weighted by Crippen LogP contribution is 2.32. The number of nitrogens with zero attached hydrogens (tertiary/aromatic N) is 2. The van der Waals surface area contributed by atoms with Crippen molar-refractivity contribution in [1.82, 2.24) is 15.4 Å². The summed E-state index contributed by atoms with van der Waals surface area (Å²) in [4.78, 5) is 13.8. The van der Waals surface area contributed by atoms with Crippen LogP contribution in [0.1, 0.15) is 36.9 Å². The summed E-state index contributed by atoms with van der Waals surface area (Å²) in [5, 5.41) is 6.95. The Bertz CT molecular complexity index is 467. The molecule has 0 radical (unpaired) electrons. The van der Waals surface area contributed by atoms with Crippen LogP contribution in [0.4, 0.5) is 10.7 Å². The summed E-state index contributed by atoms with van der Waals surface area (Å²) < 4.78 is 10.0. The van der Waals surface area contributed by atoms with Crippen LogP contribution in [-0.4, -0.2) is 49.4 Å². The van der Waals surface area contributed by atoms with Gasteiger partial charge in [0.15, 0.2) is 0 Å². The van der Waals surface area contributed by atoms with E-state index in [2.05, 4.69) is 10.5 Å². The number of hydrogen-bond donors (Lipinski definition) is 2. The first kappa shape index (κ1) is 15.6. The molecule has 2 amide bonds. The lowest BCUT2D eigenvalue weighted by molar-refractivity contribution is 0.168. The van der Waals surface area contributed by atoms with E-state index >= 15 is 0 Å². The maximum atomic E-state index is 11.9. The fourth-order valence-corrected chi connectivity index (χ4v) is 2.74. The average Bonchev–Trinajstić information content (AvgIpc) is 2.88. The fraction of sp³-hybridized carbons (Fsp3) is 0.714. The van der Waals surface area contributed by atoms with Gasteiger partial charge in [0, 0.05) is 38.2 Å². The number of aromatic nitrogens is 1. The van der Waals surface area contributed by atoms with Crippen LogP contribution in [-0.2, 0) is 11.2 Å². The van der Waals surface area contributed by atoms with Crippen LogP contribution in [0, 0.1) is 0 Å². The molecule has 2 rings (SSSR count). The van der Waals surface area contributed by atoms with Crippen molar-refractivity contribution in [3.63, 3.8) is 0 Å². The number of nitrogens with two attached hydrogens (primary N) is 1. The van der Waals surface area contributed by atoms with Crippen molar-refractivity contribution in [2.24, 2.45) is 0 Å². The predicted molar refractivity (Wildman–Crippen MR) is 79.1 cm³/mol. The van der Waals surface area contributed by atoms with Gasteiger partial charge in [-0.15, -0.1) is 0 Å². The van der Waals surface area contributed by atoms with Crippen LogP contribution in [0.3, 0.4) is 0 Å². The number of carbonyl (C=O) groups is 1. The molecule has 0 atom stereocenters. The molecule has 1 aromatic heterocycles. The maximum Gasteiger partial charge on any atom is 0.317 e. The number of ether oxygens (including phenoxy) is 1. The monoisotopic (exact) mass is 296 g/mol. The topological polar surface area (TPSA) is 93.6 Å². The lowest BCUT2D eigenvalue weighted by Crippen LogP contribution is -2.45. The first-order valence-electron chi connectivity index (χ1n) is 7.43. The molecule has 1 aliphatic heterocycles. The van der Waals surface area contributed by atoms with Crippen molar-refractivity contribution >= 4 is 11.9 Å². The van der Waals surface area contributed by atoms with Crippen LogP contribution >= 0.6 is 0 Å². The molecule has 3 N–H and O–H groups in total. The summed E-state index contributed by atoms with van der Waals surface area (Å²) in [6.07, 6.45) is 2.59. The number of anilines is 1. The van der Waals surface area contributed by atoms with Crippen molar-refractivity contribution in [2.45, 2.75) is 32.1 Å². The predicted octanol–water partition coefficient (Wildman–Crippen LogP) is 1.35. The lowest BCUT2D eigenvalue weighted by Gasteiger charge is -2.31. The van der Waals surface area contributed by atoms with Crippen LogP contribution in [0.2, 0.25) is 0 Å². The number of rotatable bonds is 5. The molecular weight excluding hydrogens is 272 g/mol. The number of carbonyl (C=O) groups excluding carboxylic acids is 1. The number of piperidine rings is 1. The second kappa shape index (κ2) is 7.31. The summed E-state index contributed by atoms with van der Waals surface area (Å²) in [5.74, 6) is 0.747. The number of hydrogen-bond acceptors (Lipinski definition) is 5. The van der Waals surface area contributed by atoms with Gasteiger partial charge in [0.25, 0.3) is 0 Å². The smallest absolute Gasteiger partial charge is 0.317 e. The Morgan fingerprint density at radius 2 is 2.24 bits per heavy atom. The number of methoxy groups -OCH3 is 1. The van der Waals surface area contributed by atoms with E-state index in [0.29, 0.717) is 25.0 Å². The minimum absolute atomic E-state index is 0.0270. The number of likely N-dealkylation sites (tertiary alicyclic amines) is 1. The van der Waals surface area contributed by atoms with Gasteiger partial charge in [-0.2, -0.15) is 0 Å². The van der Waals surface area contributed by atoms with Crippen LogP contribution < -0.4 is 11.1 Å². The molecule has 2 heterocycles. The largest absolute Gasteiger partial charge is 0.383 e. The van der Waals surface area contributed by atoms with Gasteiger partial charge in [0.1, 0.15) is 0 Å². The van der Waals surface area contributed by atoms with Gasteiger partial charge >= 0.3 is 6.03 Å². The fourth-order valence-electron chi connectivity index (χ4n) is 2.74. The van der Waals surface area contributed by atoms with Gasteiger partial charge in [-0.1, -0.05) is 12.1 Å². The van der Waals surface area contributed by atoms with Crippen molar-refractivity contribution in [2.75, 3.05) is 39.1 Å². The van der Waals surface area contributed by atoms with E-state index < -0.39 is 0 Å². The van der Waals surface area contributed by atoms with E-state index in [1.54, 1.807) is 7.11 Å². The zero-order valence-electron chi connectivity index (χ0n) is 12.7. The Balaban J connectivity index is 1.86. The van der Waals surface area contributed by atoms with Gasteiger partial charge in [0.2, 0.25) is 5.88 Å². The molecular formula is C14H24N4O3. The molecule has 21 heavy (non-hydrogen) atoms. The van der Waals surface area contributed by atoms with E-state index in [9.17, 15) is 4.79 Å². The molecule has 0 spiro atoms. The average molecular weight is 296 g/mol. The van der Waals surface area contributed by atoms with E-state index in [0.717, 1.165) is 43.6 Å². The molecule has 0 saturated carbocycles. The molecule has 0 unspecified atom stereocenters. The number of urea groups is 1. The summed E-state index contributed by atoms with van der Waals surface area (Å²) in [6, 6.07) is -0.0270. The third-order valence-corrected chi connectivity index (χ3v) is 3.95. The first-order chi connectivity index (χ1) is 10.2. The van der Waals surface area contributed by atoms with Crippen molar-refractivity contribution in [3.8, 4) is 0 Å². The SMILES string of the molecule is CCc1c(C2CCN(C(=O)NCCOC)CC2)noc1N. The van der Waals surface area contributed by atoms with E-state index in [-0.39, 0.29) is 6.03 Å². The highest BCUT2D eigenvalue weighted by atomic mass is 16.5. The Kier molecular flexibility index (Phi) is 5.44. The normalized spacial score (nSPS) is 16.2. The number of nitrogens with one attached hydrogen (secondary N) is 1. The molecule has 1 aromatic rings. The number of amides is 2. The Morgan fingerprint density at radius 1 is 1.52 bits per heavy atom. The molecule has 0 bridgehead atoms. The summed E-state index contributed by atoms with van der Waals surface area (Å²) >= 11 is 0. The van der Waals surface area contributed by atoms with Gasteiger partial charge in [-0.3, -0.25) is 0 Å². The molecule has 1 saturated heterocycles. The van der Waals surface area contributed by atoms with E-state index in [1.165, 1.54) is 0 Å². The van der Waals surface area contributed by atoms with Crippen molar-refractivity contribution < 1.29 is 14.1 Å². The first-order valence-corrected chi connectivity index (χ1v) is 7.43. The summed E-state index contributed by atoms with van der Waals surface area (Å²) in [7, 11) is 1.62. The van der Waals surface area contributed by atoms with Crippen LogP contribution in [0.15, 0.2) is 4.52 Å². The Morgan fingerprint density at radius 3 is 2.86 bits per heavy atom. The van der Waals surface area contributed by atoms with Gasteiger partial charge in [0.05, 0.1) is 12.3 Å². The molecule has 1 aliphatic rings. The van der Waals surface area contributed by atoms with Gasteiger partial charge < -0.3 is 25.2 Å². The van der Waals surface area contributed by atoms with Gasteiger partial charge in [-0.05, 0) is 19.3 Å². The minimum atomic E-state index is -0.0270. The zero-order chi connectivity index (χ0) is 15.2. The van der Waals surface area contributed by atoms with Crippen LogP contribution in [0.25, 0.3) is 0 Å². The second-order valence-electron chi connectivity index (χ2n) is 5.25. The molecule has 118 valence electrons. The number of nitrogen functional groups attached to an aromatic ring is 1. The maximum absolute atomic E-state index is 11.9. The quantitative estimate of drug-likeness (QED) is 0.800. The Hall–Kier alpha value is -1.76. The lowest BCUT2D eigenvalue weighted by atomic mass is 9.90. The highest BCUT2D eigenvalue weighted by molar-refractivity contribution is 5.74. The minimum Gasteiger partial charge on any atom is -0.383 e. The zero-order valence-corrected chi connectivity index (χ0v) is 12.7. The summed E-state index contributed by atoms with van der Waals surface area (Å²) in [6.45, 7) is 4.55. The third-order valence-electron chi connectivity index (χ3n) is 3.95. The standard InChI is InChI=1S/C14H24N4O3/c1-3-11-12(17-21-13(11)15)10-4-7-18(8-5-10)14(19)16-6-9-20-2/h10H,3-9,15H2,1-2H3,(H,16,19). The van der Waals surface area contributed by atoms with Crippen molar-refractivity contribution in [1.29, 1.82) is 0 Å². The van der Waals surface area contributed by atoms with Gasteiger partial charge in [-0.25, -0.2) is 4.79 Å². The highest BCUT2D eigenvalue weighted by Gasteiger charge is 2.28. The van der Waals surface area contributed by atoms with E-state index in [4.69, 9.17) is 15.0 Å². The molecule has 1 fully saturated rings. The second-order valence-corrected chi connectivity index (χ2v) is 5.25. The third kappa shape index (κ3) is 3.66.